The van der Waals surface area contributed by atoms with Crippen molar-refractivity contribution in [1.29, 1.82) is 0 Å². The second kappa shape index (κ2) is 10.3. The van der Waals surface area contributed by atoms with Crippen LogP contribution in [0.15, 0.2) is 24.8 Å². The molecule has 2 bridgehead atoms. The first-order valence-electron chi connectivity index (χ1n) is 15.3. The SMILES string of the molecule is C=C(C)c1cc2c(N3CC4CCC(C3)N4)nc(OC[C@@]34CCCN3C[C@H](F)C4)nc2c(F)c1-c1ccc(F)c2sc(N)nc12. The summed E-state index contributed by atoms with van der Waals surface area (Å²) in [6, 6.07) is 5.43. The fraction of sp³-hybridized carbons (Fsp3) is 0.469. The molecular formula is C32H34F3N7OS. The highest BCUT2D eigenvalue weighted by Crippen LogP contribution is 2.44. The van der Waals surface area contributed by atoms with Crippen LogP contribution in [0.25, 0.3) is 37.8 Å². The van der Waals surface area contributed by atoms with Gasteiger partial charge in [-0.15, -0.1) is 0 Å². The van der Waals surface area contributed by atoms with Gasteiger partial charge in [0.25, 0.3) is 0 Å². The van der Waals surface area contributed by atoms with Crippen LogP contribution in [0.4, 0.5) is 24.1 Å². The van der Waals surface area contributed by atoms with Crippen molar-refractivity contribution >= 4 is 49.0 Å². The molecule has 3 N–H and O–H groups in total. The number of thiazole rings is 1. The molecule has 230 valence electrons. The maximum absolute atomic E-state index is 17.1. The van der Waals surface area contributed by atoms with Crippen molar-refractivity contribution in [3.8, 4) is 17.1 Å². The van der Waals surface area contributed by atoms with E-state index < -0.39 is 23.3 Å². The van der Waals surface area contributed by atoms with Crippen molar-refractivity contribution in [2.45, 2.75) is 62.8 Å². The van der Waals surface area contributed by atoms with Crippen molar-refractivity contribution in [3.05, 3.63) is 42.0 Å². The Bertz CT molecular complexity index is 1820. The average Bonchev–Trinajstić information content (AvgIpc) is 3.74. The Morgan fingerprint density at radius 3 is 2.73 bits per heavy atom. The fourth-order valence-corrected chi connectivity index (χ4v) is 8.67. The van der Waals surface area contributed by atoms with Gasteiger partial charge in [-0.3, -0.25) is 4.90 Å². The van der Waals surface area contributed by atoms with Crippen LogP contribution in [0, 0.1) is 11.6 Å². The lowest BCUT2D eigenvalue weighted by Gasteiger charge is -2.35. The number of anilines is 2. The summed E-state index contributed by atoms with van der Waals surface area (Å²) in [5.41, 5.74) is 7.80. The number of piperazine rings is 1. The molecule has 0 spiro atoms. The number of nitrogens with zero attached hydrogens (tertiary/aromatic N) is 5. The Balaban J connectivity index is 1.30. The van der Waals surface area contributed by atoms with Crippen molar-refractivity contribution in [2.75, 3.05) is 43.4 Å². The summed E-state index contributed by atoms with van der Waals surface area (Å²) in [6.07, 6.45) is 3.49. The summed E-state index contributed by atoms with van der Waals surface area (Å²) < 4.78 is 52.9. The predicted octanol–water partition coefficient (Wildman–Crippen LogP) is 5.70. The average molecular weight is 622 g/mol. The second-order valence-electron chi connectivity index (χ2n) is 12.9. The number of halogens is 3. The lowest BCUT2D eigenvalue weighted by atomic mass is 9.92. The lowest BCUT2D eigenvalue weighted by Crippen LogP contribution is -2.51. The third-order valence-corrected chi connectivity index (χ3v) is 10.8. The van der Waals surface area contributed by atoms with Crippen LogP contribution in [0.3, 0.4) is 0 Å². The molecule has 8 nitrogen and oxygen atoms in total. The van der Waals surface area contributed by atoms with E-state index in [0.29, 0.717) is 58.5 Å². The Kier molecular flexibility index (Phi) is 6.55. The number of nitrogen functional groups attached to an aromatic ring is 1. The molecule has 4 saturated heterocycles. The van der Waals surface area contributed by atoms with Crippen LogP contribution in [-0.2, 0) is 0 Å². The largest absolute Gasteiger partial charge is 0.461 e. The number of hydrogen-bond donors (Lipinski definition) is 2. The van der Waals surface area contributed by atoms with Crippen molar-refractivity contribution in [1.82, 2.24) is 25.2 Å². The third-order valence-electron chi connectivity index (χ3n) is 9.88. The number of nitrogens with one attached hydrogen (secondary N) is 1. The van der Waals surface area contributed by atoms with Crippen LogP contribution in [0.2, 0.25) is 0 Å². The molecule has 4 aromatic rings. The number of ether oxygens (including phenoxy) is 1. The molecule has 44 heavy (non-hydrogen) atoms. The van der Waals surface area contributed by atoms with Crippen LogP contribution >= 0.6 is 11.3 Å². The van der Waals surface area contributed by atoms with Gasteiger partial charge in [0, 0.05) is 54.7 Å². The molecule has 0 radical (unpaired) electrons. The number of allylic oxidation sites excluding steroid dienone is 1. The topological polar surface area (TPSA) is 92.4 Å². The van der Waals surface area contributed by atoms with Gasteiger partial charge in [-0.1, -0.05) is 23.5 Å². The van der Waals surface area contributed by atoms with E-state index in [1.54, 1.807) is 0 Å². The minimum Gasteiger partial charge on any atom is -0.461 e. The van der Waals surface area contributed by atoms with Crippen molar-refractivity contribution < 1.29 is 17.9 Å². The number of benzene rings is 2. The molecular weight excluding hydrogens is 587 g/mol. The number of hydrogen-bond acceptors (Lipinski definition) is 9. The standard InChI is InChI=1S/C32H34F3N7OS/c1-16(2)21-10-22-26(25(35)24(21)20-6-7-23(34)28-27(20)38-30(36)44-28)39-31(40-29(22)41-13-18-4-5-19(14-41)37-18)43-15-32-8-3-9-42(32)12-17(33)11-32/h6-7,10,17-19,37H,1,3-5,8-9,11-15H2,2H3,(H2,36,38)/t17-,18?,19?,32+/m1/s1. The zero-order valence-corrected chi connectivity index (χ0v) is 25.3. The molecule has 6 heterocycles. The Morgan fingerprint density at radius 1 is 1.16 bits per heavy atom. The normalized spacial score (nSPS) is 26.6. The van der Waals surface area contributed by atoms with E-state index >= 15 is 4.39 Å². The molecule has 2 aromatic carbocycles. The second-order valence-corrected chi connectivity index (χ2v) is 13.9. The van der Waals surface area contributed by atoms with Crippen LogP contribution in [0.5, 0.6) is 6.01 Å². The van der Waals surface area contributed by atoms with E-state index in [1.807, 2.05) is 13.0 Å². The van der Waals surface area contributed by atoms with E-state index in [4.69, 9.17) is 15.5 Å². The lowest BCUT2D eigenvalue weighted by molar-refractivity contribution is 0.107. The maximum Gasteiger partial charge on any atom is 0.319 e. The molecule has 4 atom stereocenters. The highest BCUT2D eigenvalue weighted by atomic mass is 32.1. The number of aromatic nitrogens is 3. The van der Waals surface area contributed by atoms with Crippen molar-refractivity contribution in [2.24, 2.45) is 0 Å². The minimum absolute atomic E-state index is 0.0667. The van der Waals surface area contributed by atoms with E-state index in [-0.39, 0.29) is 33.5 Å². The van der Waals surface area contributed by atoms with Crippen molar-refractivity contribution in [3.63, 3.8) is 0 Å². The molecule has 8 rings (SSSR count). The molecule has 4 fully saturated rings. The monoisotopic (exact) mass is 621 g/mol. The highest BCUT2D eigenvalue weighted by Gasteiger charge is 2.49. The smallest absolute Gasteiger partial charge is 0.319 e. The Morgan fingerprint density at radius 2 is 1.95 bits per heavy atom. The van der Waals surface area contributed by atoms with Gasteiger partial charge >= 0.3 is 6.01 Å². The summed E-state index contributed by atoms with van der Waals surface area (Å²) in [5.74, 6) is -0.446. The molecule has 12 heteroatoms. The van der Waals surface area contributed by atoms with Gasteiger partial charge in [-0.05, 0) is 62.9 Å². The molecule has 0 aliphatic carbocycles. The summed E-state index contributed by atoms with van der Waals surface area (Å²) in [6.45, 7) is 8.91. The van der Waals surface area contributed by atoms with E-state index in [2.05, 4.69) is 31.7 Å². The zero-order valence-electron chi connectivity index (χ0n) is 24.5. The number of nitrogens with two attached hydrogens (primary N) is 1. The van der Waals surface area contributed by atoms with E-state index in [9.17, 15) is 8.78 Å². The van der Waals surface area contributed by atoms with Crippen LogP contribution < -0.4 is 20.7 Å². The first-order chi connectivity index (χ1) is 21.2. The van der Waals surface area contributed by atoms with Gasteiger partial charge in [-0.25, -0.2) is 18.2 Å². The molecule has 4 aliphatic heterocycles. The Labute approximate surface area is 257 Å². The molecule has 2 aromatic heterocycles. The van der Waals surface area contributed by atoms with Gasteiger partial charge in [0.2, 0.25) is 0 Å². The first kappa shape index (κ1) is 28.0. The molecule has 0 saturated carbocycles. The zero-order chi connectivity index (χ0) is 30.3. The Hall–Kier alpha value is -3.48. The predicted molar refractivity (Wildman–Crippen MR) is 168 cm³/mol. The van der Waals surface area contributed by atoms with Gasteiger partial charge in [0.15, 0.2) is 10.9 Å². The number of fused-ring (bicyclic) bond motifs is 5. The fourth-order valence-electron chi connectivity index (χ4n) is 7.91. The quantitative estimate of drug-likeness (QED) is 0.284. The highest BCUT2D eigenvalue weighted by molar-refractivity contribution is 7.22. The summed E-state index contributed by atoms with van der Waals surface area (Å²) in [4.78, 5) is 18.3. The van der Waals surface area contributed by atoms with Gasteiger partial charge in [-0.2, -0.15) is 9.97 Å². The number of alkyl halides is 1. The van der Waals surface area contributed by atoms with Crippen LogP contribution in [-0.4, -0.2) is 76.4 Å². The summed E-state index contributed by atoms with van der Waals surface area (Å²) in [5, 5.41) is 4.40. The van der Waals surface area contributed by atoms with Crippen LogP contribution in [0.1, 0.15) is 44.6 Å². The van der Waals surface area contributed by atoms with Gasteiger partial charge in [0.1, 0.15) is 29.9 Å². The maximum atomic E-state index is 17.1. The van der Waals surface area contributed by atoms with Gasteiger partial charge < -0.3 is 20.7 Å². The summed E-state index contributed by atoms with van der Waals surface area (Å²) in [7, 11) is 0. The number of rotatable bonds is 6. The summed E-state index contributed by atoms with van der Waals surface area (Å²) >= 11 is 1.02. The first-order valence-corrected chi connectivity index (χ1v) is 16.1. The van der Waals surface area contributed by atoms with E-state index in [1.165, 1.54) is 12.1 Å². The third kappa shape index (κ3) is 4.44. The van der Waals surface area contributed by atoms with E-state index in [0.717, 1.165) is 56.7 Å². The minimum atomic E-state index is -0.892. The molecule has 0 amide bonds. The molecule has 4 aliphatic rings. The molecule has 2 unspecified atom stereocenters. The van der Waals surface area contributed by atoms with Gasteiger partial charge in [0.05, 0.1) is 15.8 Å².